The minimum atomic E-state index is -0.997. The molecule has 2 heterocycles. The van der Waals surface area contributed by atoms with Crippen molar-refractivity contribution < 1.29 is 23.5 Å². The van der Waals surface area contributed by atoms with Gasteiger partial charge in [0.25, 0.3) is 5.91 Å². The Morgan fingerprint density at radius 2 is 1.72 bits per heavy atom. The first-order valence-corrected chi connectivity index (χ1v) is 14.6. The third-order valence-corrected chi connectivity index (χ3v) is 7.78. The molecule has 2 fully saturated rings. The molecule has 1 N–H and O–H groups in total. The summed E-state index contributed by atoms with van der Waals surface area (Å²) in [6.07, 6.45) is 3.56. The maximum absolute atomic E-state index is 13.9. The number of hydrogen-bond acceptors (Lipinski definition) is 6. The van der Waals surface area contributed by atoms with Crippen molar-refractivity contribution in [3.8, 4) is 5.69 Å². The van der Waals surface area contributed by atoms with E-state index in [0.29, 0.717) is 38.2 Å². The van der Waals surface area contributed by atoms with Crippen LogP contribution >= 0.6 is 0 Å². The lowest BCUT2D eigenvalue weighted by Gasteiger charge is -2.36. The van der Waals surface area contributed by atoms with Crippen LogP contribution in [0.3, 0.4) is 0 Å². The standard InChI is InChI=1S/C32H39FN6O4/c1-32(2,3)43-31(42)38(28-20-26(28)22-6-10-24(33)11-7-22)21-27(30(41)37-18-16-36(4)17-19-37)35-29(40)23-8-12-25(13-9-23)39-15-5-14-34-39/h5-15,26-28H,16-21H2,1-4H3,(H,35,40)/t26-,27?,28+/m0/s1. The van der Waals surface area contributed by atoms with E-state index >= 15 is 0 Å². The van der Waals surface area contributed by atoms with Crippen LogP contribution in [0.15, 0.2) is 67.0 Å². The lowest BCUT2D eigenvalue weighted by atomic mass is 10.1. The highest BCUT2D eigenvalue weighted by Gasteiger charge is 2.47. The first-order valence-electron chi connectivity index (χ1n) is 14.6. The van der Waals surface area contributed by atoms with Crippen LogP contribution in [0.4, 0.5) is 9.18 Å². The average Bonchev–Trinajstić information content (AvgIpc) is 3.55. The second-order valence-electron chi connectivity index (χ2n) is 12.2. The minimum absolute atomic E-state index is 0.0296. The van der Waals surface area contributed by atoms with Gasteiger partial charge in [-0.3, -0.25) is 9.59 Å². The maximum Gasteiger partial charge on any atom is 0.410 e. The van der Waals surface area contributed by atoms with Crippen molar-refractivity contribution in [3.63, 3.8) is 0 Å². The summed E-state index contributed by atoms with van der Waals surface area (Å²) in [6.45, 7) is 7.78. The van der Waals surface area contributed by atoms with Gasteiger partial charge in [-0.1, -0.05) is 12.1 Å². The van der Waals surface area contributed by atoms with Crippen LogP contribution in [0.5, 0.6) is 0 Å². The van der Waals surface area contributed by atoms with Gasteiger partial charge in [0.1, 0.15) is 17.5 Å². The van der Waals surface area contributed by atoms with Crippen LogP contribution in [0.1, 0.15) is 49.0 Å². The van der Waals surface area contributed by atoms with Gasteiger partial charge in [0, 0.05) is 56.1 Å². The molecule has 2 aromatic carbocycles. The Morgan fingerprint density at radius 1 is 1.05 bits per heavy atom. The number of carbonyl (C=O) groups excluding carboxylic acids is 3. The predicted octanol–water partition coefficient (Wildman–Crippen LogP) is 3.68. The lowest BCUT2D eigenvalue weighted by Crippen LogP contribution is -2.58. The van der Waals surface area contributed by atoms with Gasteiger partial charge in [-0.25, -0.2) is 13.9 Å². The van der Waals surface area contributed by atoms with Crippen LogP contribution < -0.4 is 5.32 Å². The lowest BCUT2D eigenvalue weighted by molar-refractivity contribution is -0.135. The second-order valence-corrected chi connectivity index (χ2v) is 12.2. The molecule has 11 heteroatoms. The predicted molar refractivity (Wildman–Crippen MR) is 159 cm³/mol. The molecule has 3 atom stereocenters. The molecule has 3 aromatic rings. The molecule has 1 unspecified atom stereocenters. The topological polar surface area (TPSA) is 100 Å². The van der Waals surface area contributed by atoms with E-state index in [9.17, 15) is 18.8 Å². The molecule has 43 heavy (non-hydrogen) atoms. The highest BCUT2D eigenvalue weighted by atomic mass is 19.1. The molecule has 1 aliphatic heterocycles. The molecule has 1 aromatic heterocycles. The van der Waals surface area contributed by atoms with Gasteiger partial charge in [-0.15, -0.1) is 0 Å². The fraction of sp³-hybridized carbons (Fsp3) is 0.438. The number of nitrogens with one attached hydrogen (secondary N) is 1. The molecule has 5 rings (SSSR count). The summed E-state index contributed by atoms with van der Waals surface area (Å²) in [6, 6.07) is 13.7. The number of piperazine rings is 1. The first kappa shape index (κ1) is 30.2. The van der Waals surface area contributed by atoms with E-state index in [1.54, 1.807) is 77.8 Å². The summed E-state index contributed by atoms with van der Waals surface area (Å²) >= 11 is 0. The third-order valence-electron chi connectivity index (χ3n) is 7.78. The zero-order chi connectivity index (χ0) is 30.7. The van der Waals surface area contributed by atoms with Crippen molar-refractivity contribution in [3.05, 3.63) is 83.9 Å². The summed E-state index contributed by atoms with van der Waals surface area (Å²) in [4.78, 5) is 46.4. The molecule has 0 bridgehead atoms. The quantitative estimate of drug-likeness (QED) is 0.430. The molecule has 10 nitrogen and oxygen atoms in total. The van der Waals surface area contributed by atoms with Gasteiger partial charge in [0.15, 0.2) is 0 Å². The number of carbonyl (C=O) groups is 3. The monoisotopic (exact) mass is 590 g/mol. The number of likely N-dealkylation sites (N-methyl/N-ethyl adjacent to an activating group) is 1. The number of rotatable bonds is 8. The smallest absolute Gasteiger partial charge is 0.410 e. The summed E-state index contributed by atoms with van der Waals surface area (Å²) in [5.74, 6) is -1.03. The van der Waals surface area contributed by atoms with Gasteiger partial charge >= 0.3 is 6.09 Å². The molecular formula is C32H39FN6O4. The van der Waals surface area contributed by atoms with Crippen molar-refractivity contribution in [1.29, 1.82) is 0 Å². The number of amides is 3. The zero-order valence-electron chi connectivity index (χ0n) is 25.1. The maximum atomic E-state index is 13.9. The number of nitrogens with zero attached hydrogens (tertiary/aromatic N) is 5. The van der Waals surface area contributed by atoms with E-state index in [1.807, 2.05) is 19.3 Å². The van der Waals surface area contributed by atoms with Crippen molar-refractivity contribution in [2.75, 3.05) is 39.8 Å². The molecule has 0 spiro atoms. The molecule has 1 aliphatic carbocycles. The number of aromatic nitrogens is 2. The molecule has 228 valence electrons. The van der Waals surface area contributed by atoms with Crippen molar-refractivity contribution in [2.45, 2.75) is 50.8 Å². The highest BCUT2D eigenvalue weighted by Crippen LogP contribution is 2.45. The Balaban J connectivity index is 1.39. The van der Waals surface area contributed by atoms with Crippen LogP contribution in [-0.4, -0.2) is 99.8 Å². The zero-order valence-corrected chi connectivity index (χ0v) is 25.1. The Morgan fingerprint density at radius 3 is 2.33 bits per heavy atom. The Hall–Kier alpha value is -4.25. The number of hydrogen-bond donors (Lipinski definition) is 1. The average molecular weight is 591 g/mol. The van der Waals surface area contributed by atoms with E-state index in [4.69, 9.17) is 4.74 Å². The number of halogens is 1. The molecule has 3 amide bonds. The number of ether oxygens (including phenoxy) is 1. The number of benzene rings is 2. The van der Waals surface area contributed by atoms with Crippen molar-refractivity contribution in [2.24, 2.45) is 0 Å². The van der Waals surface area contributed by atoms with Gasteiger partial charge in [-0.05, 0) is 82.3 Å². The minimum Gasteiger partial charge on any atom is -0.444 e. The second kappa shape index (κ2) is 12.5. The third kappa shape index (κ3) is 7.59. The largest absolute Gasteiger partial charge is 0.444 e. The van der Waals surface area contributed by atoms with E-state index in [-0.39, 0.29) is 30.2 Å². The highest BCUT2D eigenvalue weighted by molar-refractivity contribution is 5.98. The van der Waals surface area contributed by atoms with Gasteiger partial charge in [0.2, 0.25) is 5.91 Å². The van der Waals surface area contributed by atoms with Gasteiger partial charge in [0.05, 0.1) is 12.2 Å². The normalized spacial score (nSPS) is 19.4. The van der Waals surface area contributed by atoms with Crippen molar-refractivity contribution >= 4 is 17.9 Å². The Labute approximate surface area is 251 Å². The van der Waals surface area contributed by atoms with Crippen LogP contribution in [0.2, 0.25) is 0 Å². The van der Waals surface area contributed by atoms with Crippen LogP contribution in [0.25, 0.3) is 5.69 Å². The SMILES string of the molecule is CN1CCN(C(=O)C(CN(C(=O)OC(C)(C)C)[C@@H]2C[C@H]2c2ccc(F)cc2)NC(=O)c2ccc(-n3cccn3)cc2)CC1. The molecule has 0 radical (unpaired) electrons. The first-order chi connectivity index (χ1) is 20.5. The van der Waals surface area contributed by atoms with E-state index in [2.05, 4.69) is 15.3 Å². The Bertz CT molecular complexity index is 1410. The van der Waals surface area contributed by atoms with E-state index < -0.39 is 23.6 Å². The molecule has 1 saturated heterocycles. The molecular weight excluding hydrogens is 551 g/mol. The Kier molecular flexibility index (Phi) is 8.82. The van der Waals surface area contributed by atoms with Gasteiger partial charge < -0.3 is 24.8 Å². The molecule has 2 aliphatic rings. The summed E-state index contributed by atoms with van der Waals surface area (Å²) in [7, 11) is 2.00. The van der Waals surface area contributed by atoms with E-state index in [0.717, 1.165) is 11.3 Å². The fourth-order valence-electron chi connectivity index (χ4n) is 5.32. The van der Waals surface area contributed by atoms with Gasteiger partial charge in [-0.2, -0.15) is 5.10 Å². The van der Waals surface area contributed by atoms with Crippen LogP contribution in [0, 0.1) is 5.82 Å². The fourth-order valence-corrected chi connectivity index (χ4v) is 5.32. The summed E-state index contributed by atoms with van der Waals surface area (Å²) in [5.41, 5.74) is 1.32. The summed E-state index contributed by atoms with van der Waals surface area (Å²) < 4.78 is 21.0. The van der Waals surface area contributed by atoms with E-state index in [1.165, 1.54) is 12.1 Å². The molecule has 1 saturated carbocycles. The summed E-state index contributed by atoms with van der Waals surface area (Å²) in [5, 5.41) is 7.14. The van der Waals surface area contributed by atoms with Crippen molar-refractivity contribution in [1.82, 2.24) is 29.8 Å². The van der Waals surface area contributed by atoms with Crippen LogP contribution in [-0.2, 0) is 9.53 Å².